The maximum absolute atomic E-state index is 13.6. The summed E-state index contributed by atoms with van der Waals surface area (Å²) in [7, 11) is 0. The van der Waals surface area contributed by atoms with Gasteiger partial charge in [0.15, 0.2) is 11.5 Å². The summed E-state index contributed by atoms with van der Waals surface area (Å²) in [6.07, 6.45) is -7.42. The van der Waals surface area contributed by atoms with Crippen LogP contribution in [0.3, 0.4) is 0 Å². The first kappa shape index (κ1) is 39.4. The predicted molar refractivity (Wildman–Crippen MR) is 182 cm³/mol. The van der Waals surface area contributed by atoms with E-state index in [4.69, 9.17) is 29.5 Å². The fourth-order valence-corrected chi connectivity index (χ4v) is 4.45. The number of benzene rings is 4. The van der Waals surface area contributed by atoms with Gasteiger partial charge in [-0.15, -0.1) is 0 Å². The fourth-order valence-electron chi connectivity index (χ4n) is 4.45. The van der Waals surface area contributed by atoms with Crippen LogP contribution < -0.4 is 19.5 Å². The van der Waals surface area contributed by atoms with Crippen LogP contribution in [0.2, 0.25) is 0 Å². The first-order valence-corrected chi connectivity index (χ1v) is 15.6. The molecule has 1 unspecified atom stereocenters. The number of carbonyl (C=O) groups excluding carboxylic acids is 1. The van der Waals surface area contributed by atoms with Crippen molar-refractivity contribution in [2.24, 2.45) is 0 Å². The molecule has 0 aliphatic carbocycles. The van der Waals surface area contributed by atoms with Gasteiger partial charge in [0.05, 0.1) is 19.3 Å². The van der Waals surface area contributed by atoms with Gasteiger partial charge in [-0.2, -0.15) is 13.2 Å². The van der Waals surface area contributed by atoms with Gasteiger partial charge in [0.25, 0.3) is 5.91 Å². The van der Waals surface area contributed by atoms with E-state index in [1.807, 2.05) is 81.4 Å². The number of hydrogen-bond acceptors (Lipinski definition) is 7. The van der Waals surface area contributed by atoms with Gasteiger partial charge in [0.2, 0.25) is 6.10 Å². The van der Waals surface area contributed by atoms with Crippen molar-refractivity contribution in [1.29, 1.82) is 5.41 Å². The van der Waals surface area contributed by atoms with E-state index >= 15 is 0 Å². The number of nitrogens with one attached hydrogen (secondary N) is 2. The summed E-state index contributed by atoms with van der Waals surface area (Å²) in [6, 6.07) is 30.4. The van der Waals surface area contributed by atoms with Gasteiger partial charge in [-0.05, 0) is 68.3 Å². The number of carbonyl (C=O) groups is 3. The minimum Gasteiger partial charge on any atom is -0.490 e. The molecular weight excluding hydrogens is 671 g/mol. The normalized spacial score (nSPS) is 11.4. The summed E-state index contributed by atoms with van der Waals surface area (Å²) in [5.74, 6) is -1.86. The van der Waals surface area contributed by atoms with E-state index < -0.39 is 24.3 Å². The van der Waals surface area contributed by atoms with Gasteiger partial charge in [-0.3, -0.25) is 15.1 Å². The van der Waals surface area contributed by atoms with Crippen LogP contribution in [0.15, 0.2) is 103 Å². The topological polar surface area (TPSA) is 158 Å². The number of rotatable bonds is 13. The molecule has 0 saturated carbocycles. The lowest BCUT2D eigenvalue weighted by Gasteiger charge is -2.22. The van der Waals surface area contributed by atoms with Crippen LogP contribution in [0.25, 0.3) is 0 Å². The molecule has 51 heavy (non-hydrogen) atoms. The molecule has 4 N–H and O–H groups in total. The molecule has 4 rings (SSSR count). The van der Waals surface area contributed by atoms with E-state index in [2.05, 4.69) is 5.32 Å². The quantitative estimate of drug-likeness (QED) is 0.0824. The Morgan fingerprint density at radius 2 is 1.39 bits per heavy atom. The number of hydrogen-bond donors (Lipinski definition) is 4. The number of aliphatic carboxylic acids is 1. The highest BCUT2D eigenvalue weighted by Crippen LogP contribution is 2.33. The van der Waals surface area contributed by atoms with Crippen LogP contribution in [-0.2, 0) is 22.7 Å². The number of nitrogens with zero attached hydrogens (tertiary/aromatic N) is 1. The molecule has 14 heteroatoms. The van der Waals surface area contributed by atoms with Crippen molar-refractivity contribution in [3.8, 4) is 17.2 Å². The van der Waals surface area contributed by atoms with Gasteiger partial charge in [-0.1, -0.05) is 66.7 Å². The summed E-state index contributed by atoms with van der Waals surface area (Å²) in [5.41, 5.74) is 2.65. The van der Waals surface area contributed by atoms with Crippen molar-refractivity contribution in [3.63, 3.8) is 0 Å². The summed E-state index contributed by atoms with van der Waals surface area (Å²) in [5, 5.41) is 28.4. The summed E-state index contributed by atoms with van der Waals surface area (Å²) < 4.78 is 49.7. The molecule has 0 aromatic heterocycles. The molecule has 0 fully saturated rings. The van der Waals surface area contributed by atoms with Crippen molar-refractivity contribution >= 4 is 23.8 Å². The molecule has 2 amide bonds. The zero-order valence-corrected chi connectivity index (χ0v) is 28.0. The lowest BCUT2D eigenvalue weighted by Crippen LogP contribution is -2.35. The predicted octanol–water partition coefficient (Wildman–Crippen LogP) is 7.45. The van der Waals surface area contributed by atoms with E-state index in [0.29, 0.717) is 41.5 Å². The summed E-state index contributed by atoms with van der Waals surface area (Å²) in [6.45, 7) is 6.48. The number of halogens is 3. The van der Waals surface area contributed by atoms with E-state index in [-0.39, 0.29) is 24.4 Å². The Labute approximate surface area is 292 Å². The molecule has 0 bridgehead atoms. The minimum absolute atomic E-state index is 0.0373. The molecule has 0 aliphatic rings. The van der Waals surface area contributed by atoms with Gasteiger partial charge < -0.3 is 29.7 Å². The van der Waals surface area contributed by atoms with Gasteiger partial charge in [-0.25, -0.2) is 9.59 Å². The van der Waals surface area contributed by atoms with Gasteiger partial charge in [0.1, 0.15) is 11.6 Å². The maximum atomic E-state index is 13.6. The third kappa shape index (κ3) is 12.4. The molecule has 1 atom stereocenters. The smallest absolute Gasteiger partial charge is 0.490 e. The molecule has 0 heterocycles. The Bertz CT molecular complexity index is 1750. The Morgan fingerprint density at radius 1 is 0.824 bits per heavy atom. The van der Waals surface area contributed by atoms with Crippen LogP contribution in [0.5, 0.6) is 17.2 Å². The lowest BCUT2D eigenvalue weighted by molar-refractivity contribution is -0.192. The largest absolute Gasteiger partial charge is 0.490 e. The molecule has 4 aromatic carbocycles. The zero-order valence-electron chi connectivity index (χ0n) is 28.0. The molecule has 0 aliphatic heterocycles. The second-order valence-corrected chi connectivity index (χ2v) is 11.0. The van der Waals surface area contributed by atoms with E-state index in [1.54, 1.807) is 42.5 Å². The second kappa shape index (κ2) is 18.6. The van der Waals surface area contributed by atoms with Crippen LogP contribution >= 0.6 is 0 Å². The Kier molecular flexibility index (Phi) is 14.4. The highest BCUT2D eigenvalue weighted by atomic mass is 19.4. The lowest BCUT2D eigenvalue weighted by atomic mass is 10.1. The maximum Gasteiger partial charge on any atom is 0.490 e. The van der Waals surface area contributed by atoms with Crippen LogP contribution in [0.4, 0.5) is 18.0 Å². The van der Waals surface area contributed by atoms with Crippen molar-refractivity contribution in [2.75, 3.05) is 6.61 Å². The van der Waals surface area contributed by atoms with E-state index in [1.165, 1.54) is 0 Å². The third-order valence-electron chi connectivity index (χ3n) is 6.79. The number of ether oxygens (including phenoxy) is 3. The number of amidine groups is 1. The number of amides is 2. The Balaban J connectivity index is 0.000000908. The Morgan fingerprint density at radius 3 is 1.90 bits per heavy atom. The van der Waals surface area contributed by atoms with Crippen molar-refractivity contribution in [3.05, 3.63) is 125 Å². The molecule has 0 radical (unpaired) electrons. The summed E-state index contributed by atoms with van der Waals surface area (Å²) in [4.78, 5) is 35.4. The first-order chi connectivity index (χ1) is 24.2. The first-order valence-electron chi connectivity index (χ1n) is 15.6. The fraction of sp³-hybridized carbons (Fsp3) is 0.243. The van der Waals surface area contributed by atoms with Crippen molar-refractivity contribution in [1.82, 2.24) is 10.2 Å². The van der Waals surface area contributed by atoms with Crippen LogP contribution in [0.1, 0.15) is 49.1 Å². The number of alkyl halides is 3. The average molecular weight is 710 g/mol. The summed E-state index contributed by atoms with van der Waals surface area (Å²) >= 11 is 0. The average Bonchev–Trinajstić information content (AvgIpc) is 3.10. The van der Waals surface area contributed by atoms with Crippen molar-refractivity contribution in [2.45, 2.75) is 52.2 Å². The van der Waals surface area contributed by atoms with Gasteiger partial charge in [0, 0.05) is 17.7 Å². The van der Waals surface area contributed by atoms with E-state index in [0.717, 1.165) is 16.0 Å². The number of carboxylic acids is 1. The second-order valence-electron chi connectivity index (χ2n) is 11.0. The highest BCUT2D eigenvalue weighted by molar-refractivity contribution is 6.04. The zero-order chi connectivity index (χ0) is 37.6. The Hall–Kier alpha value is -6.05. The van der Waals surface area contributed by atoms with Crippen LogP contribution in [-0.4, -0.2) is 57.8 Å². The standard InChI is InChI=1S/C35H37N3O6.C2HF3O2/c1-4-42-31-21-28(17-20-30(31)43-24(2)3)32(34(39)37-22-25-11-7-5-8-12-25)44-29-18-15-27(16-19-29)33(36)38(35(40)41)23-26-13-9-6-10-14-26;3-2(4,5)1(6)7/h5-21,24,32,36H,4,22-23H2,1-3H3,(H,37,39)(H,40,41);(H,6,7). The van der Waals surface area contributed by atoms with E-state index in [9.17, 15) is 27.9 Å². The monoisotopic (exact) mass is 709 g/mol. The third-order valence-corrected chi connectivity index (χ3v) is 6.79. The molecule has 0 saturated heterocycles. The molecule has 270 valence electrons. The van der Waals surface area contributed by atoms with Crippen LogP contribution in [0, 0.1) is 5.41 Å². The molecular formula is C37H38F3N3O8. The molecule has 4 aromatic rings. The SMILES string of the molecule is CCOc1cc(C(Oc2ccc(C(=N)N(Cc3ccccc3)C(=O)O)cc2)C(=O)NCc2ccccc2)ccc1OC(C)C.O=C(O)C(F)(F)F. The molecule has 11 nitrogen and oxygen atoms in total. The number of carboxylic acid groups (broad SMARTS) is 2. The highest BCUT2D eigenvalue weighted by Gasteiger charge is 2.38. The molecule has 0 spiro atoms. The van der Waals surface area contributed by atoms with Gasteiger partial charge >= 0.3 is 18.2 Å². The minimum atomic E-state index is -5.08. The van der Waals surface area contributed by atoms with Crippen molar-refractivity contribution < 1.29 is 52.0 Å².